The van der Waals surface area contributed by atoms with Gasteiger partial charge < -0.3 is 15.3 Å². The fourth-order valence-electron chi connectivity index (χ4n) is 2.93. The highest BCUT2D eigenvalue weighted by Crippen LogP contribution is 2.38. The Morgan fingerprint density at radius 1 is 1.22 bits per heavy atom. The molecule has 108 valence electrons. The lowest BCUT2D eigenvalue weighted by molar-refractivity contribution is 0.123. The van der Waals surface area contributed by atoms with Crippen molar-refractivity contribution in [1.29, 1.82) is 0 Å². The normalized spacial score (nSPS) is 19.7. The van der Waals surface area contributed by atoms with Crippen LogP contribution in [0.15, 0.2) is 0 Å². The van der Waals surface area contributed by atoms with E-state index in [-0.39, 0.29) is 12.1 Å². The van der Waals surface area contributed by atoms with Crippen molar-refractivity contribution in [2.75, 3.05) is 32.8 Å². The number of nitrogens with zero attached hydrogens (tertiary/aromatic N) is 1. The lowest BCUT2D eigenvalue weighted by Gasteiger charge is -2.37. The number of hydrogen-bond acceptors (Lipinski definition) is 3. The SMILES string of the molecule is CCN(CCO)CC1(CNC(C)(C)C)CCCC1. The zero-order chi connectivity index (χ0) is 13.6. The van der Waals surface area contributed by atoms with Crippen LogP contribution in [0.25, 0.3) is 0 Å². The van der Waals surface area contributed by atoms with Crippen LogP contribution in [0.2, 0.25) is 0 Å². The Labute approximate surface area is 113 Å². The van der Waals surface area contributed by atoms with Crippen molar-refractivity contribution in [1.82, 2.24) is 10.2 Å². The molecule has 0 aromatic carbocycles. The van der Waals surface area contributed by atoms with E-state index in [1.165, 1.54) is 25.7 Å². The first-order valence-electron chi connectivity index (χ1n) is 7.49. The molecule has 0 heterocycles. The molecule has 0 atom stereocenters. The van der Waals surface area contributed by atoms with Crippen molar-refractivity contribution < 1.29 is 5.11 Å². The maximum absolute atomic E-state index is 9.13. The van der Waals surface area contributed by atoms with Gasteiger partial charge in [0.1, 0.15) is 0 Å². The van der Waals surface area contributed by atoms with Crippen molar-refractivity contribution in [3.05, 3.63) is 0 Å². The fraction of sp³-hybridized carbons (Fsp3) is 1.00. The number of aliphatic hydroxyl groups is 1. The van der Waals surface area contributed by atoms with Gasteiger partial charge in [-0.15, -0.1) is 0 Å². The monoisotopic (exact) mass is 256 g/mol. The lowest BCUT2D eigenvalue weighted by Crippen LogP contribution is -2.48. The van der Waals surface area contributed by atoms with Gasteiger partial charge in [-0.25, -0.2) is 0 Å². The summed E-state index contributed by atoms with van der Waals surface area (Å²) in [7, 11) is 0. The van der Waals surface area contributed by atoms with E-state index in [2.05, 4.69) is 37.9 Å². The largest absolute Gasteiger partial charge is 0.395 e. The molecule has 1 rings (SSSR count). The highest BCUT2D eigenvalue weighted by Gasteiger charge is 2.35. The summed E-state index contributed by atoms with van der Waals surface area (Å²) in [5.74, 6) is 0. The molecule has 1 fully saturated rings. The molecule has 0 aromatic heterocycles. The van der Waals surface area contributed by atoms with Crippen LogP contribution in [0.4, 0.5) is 0 Å². The Kier molecular flexibility index (Phi) is 6.09. The Morgan fingerprint density at radius 3 is 2.28 bits per heavy atom. The third-order valence-electron chi connectivity index (χ3n) is 4.08. The van der Waals surface area contributed by atoms with Crippen molar-refractivity contribution >= 4 is 0 Å². The van der Waals surface area contributed by atoms with Gasteiger partial charge in [-0.05, 0) is 45.6 Å². The number of nitrogens with one attached hydrogen (secondary N) is 1. The van der Waals surface area contributed by atoms with Crippen LogP contribution in [0.3, 0.4) is 0 Å². The summed E-state index contributed by atoms with van der Waals surface area (Å²) in [6.45, 7) is 13.3. The zero-order valence-corrected chi connectivity index (χ0v) is 12.8. The summed E-state index contributed by atoms with van der Waals surface area (Å²) < 4.78 is 0. The molecule has 0 bridgehead atoms. The van der Waals surface area contributed by atoms with E-state index in [0.717, 1.165) is 26.2 Å². The van der Waals surface area contributed by atoms with E-state index in [9.17, 15) is 0 Å². The molecule has 1 aliphatic rings. The quantitative estimate of drug-likeness (QED) is 0.733. The summed E-state index contributed by atoms with van der Waals surface area (Å²) in [6.07, 6.45) is 5.39. The average Bonchev–Trinajstić information content (AvgIpc) is 2.74. The molecule has 1 saturated carbocycles. The van der Waals surface area contributed by atoms with E-state index in [1.807, 2.05) is 0 Å². The minimum Gasteiger partial charge on any atom is -0.395 e. The first-order chi connectivity index (χ1) is 8.41. The number of likely N-dealkylation sites (N-methyl/N-ethyl adjacent to an activating group) is 1. The molecule has 0 aromatic rings. The van der Waals surface area contributed by atoms with E-state index >= 15 is 0 Å². The first kappa shape index (κ1) is 15.9. The van der Waals surface area contributed by atoms with E-state index in [0.29, 0.717) is 5.41 Å². The minimum atomic E-state index is 0.198. The molecule has 0 unspecified atom stereocenters. The molecule has 0 radical (unpaired) electrons. The maximum atomic E-state index is 9.13. The predicted molar refractivity (Wildman–Crippen MR) is 77.9 cm³/mol. The standard InChI is InChI=1S/C15H32N2O/c1-5-17(10-11-18)13-15(8-6-7-9-15)12-16-14(2,3)4/h16,18H,5-13H2,1-4H3. The van der Waals surface area contributed by atoms with Crippen LogP contribution in [0.5, 0.6) is 0 Å². The second-order valence-electron chi connectivity index (χ2n) is 6.90. The van der Waals surface area contributed by atoms with Crippen LogP contribution in [-0.4, -0.2) is 48.3 Å². The molecule has 0 aliphatic heterocycles. The van der Waals surface area contributed by atoms with Crippen molar-refractivity contribution in [2.24, 2.45) is 5.41 Å². The molecular formula is C15H32N2O. The Hall–Kier alpha value is -0.120. The van der Waals surface area contributed by atoms with Gasteiger partial charge in [0.2, 0.25) is 0 Å². The summed E-state index contributed by atoms with van der Waals surface area (Å²) in [4.78, 5) is 2.40. The third kappa shape index (κ3) is 5.25. The third-order valence-corrected chi connectivity index (χ3v) is 4.08. The van der Waals surface area contributed by atoms with Gasteiger partial charge >= 0.3 is 0 Å². The van der Waals surface area contributed by atoms with Crippen LogP contribution < -0.4 is 5.32 Å². The first-order valence-corrected chi connectivity index (χ1v) is 7.49. The van der Waals surface area contributed by atoms with Gasteiger partial charge in [0.15, 0.2) is 0 Å². The highest BCUT2D eigenvalue weighted by molar-refractivity contribution is 4.91. The minimum absolute atomic E-state index is 0.198. The summed E-state index contributed by atoms with van der Waals surface area (Å²) in [6, 6.07) is 0. The predicted octanol–water partition coefficient (Wildman–Crippen LogP) is 2.25. The van der Waals surface area contributed by atoms with Gasteiger partial charge in [-0.2, -0.15) is 0 Å². The van der Waals surface area contributed by atoms with Crippen LogP contribution in [-0.2, 0) is 0 Å². The average molecular weight is 256 g/mol. The molecule has 3 nitrogen and oxygen atoms in total. The van der Waals surface area contributed by atoms with Crippen molar-refractivity contribution in [3.8, 4) is 0 Å². The summed E-state index contributed by atoms with van der Waals surface area (Å²) >= 11 is 0. The number of rotatable bonds is 7. The molecule has 0 spiro atoms. The van der Waals surface area contributed by atoms with Crippen LogP contribution in [0, 0.1) is 5.41 Å². The highest BCUT2D eigenvalue weighted by atomic mass is 16.3. The van der Waals surface area contributed by atoms with Gasteiger partial charge in [0.25, 0.3) is 0 Å². The molecule has 0 saturated heterocycles. The van der Waals surface area contributed by atoms with Crippen molar-refractivity contribution in [2.45, 2.75) is 58.9 Å². The van der Waals surface area contributed by atoms with Gasteiger partial charge in [0.05, 0.1) is 6.61 Å². The maximum Gasteiger partial charge on any atom is 0.0558 e. The Bertz CT molecular complexity index is 229. The van der Waals surface area contributed by atoms with Gasteiger partial charge in [-0.3, -0.25) is 0 Å². The smallest absolute Gasteiger partial charge is 0.0558 e. The van der Waals surface area contributed by atoms with Crippen molar-refractivity contribution in [3.63, 3.8) is 0 Å². The summed E-state index contributed by atoms with van der Waals surface area (Å²) in [5, 5.41) is 12.8. The molecule has 3 heteroatoms. The molecule has 1 aliphatic carbocycles. The van der Waals surface area contributed by atoms with E-state index in [4.69, 9.17) is 5.11 Å². The number of hydrogen-bond donors (Lipinski definition) is 2. The Balaban J connectivity index is 2.56. The lowest BCUT2D eigenvalue weighted by atomic mass is 9.84. The topological polar surface area (TPSA) is 35.5 Å². The fourth-order valence-corrected chi connectivity index (χ4v) is 2.93. The molecule has 18 heavy (non-hydrogen) atoms. The van der Waals surface area contributed by atoms with Crippen LogP contribution in [0.1, 0.15) is 53.4 Å². The summed E-state index contributed by atoms with van der Waals surface area (Å²) in [5.41, 5.74) is 0.627. The molecule has 2 N–H and O–H groups in total. The van der Waals surface area contributed by atoms with E-state index in [1.54, 1.807) is 0 Å². The molecule has 0 amide bonds. The Morgan fingerprint density at radius 2 is 1.83 bits per heavy atom. The van der Waals surface area contributed by atoms with E-state index < -0.39 is 0 Å². The number of aliphatic hydroxyl groups excluding tert-OH is 1. The second-order valence-corrected chi connectivity index (χ2v) is 6.90. The second kappa shape index (κ2) is 6.88. The van der Waals surface area contributed by atoms with Gasteiger partial charge in [-0.1, -0.05) is 19.8 Å². The zero-order valence-electron chi connectivity index (χ0n) is 12.8. The van der Waals surface area contributed by atoms with Crippen LogP contribution >= 0.6 is 0 Å². The van der Waals surface area contributed by atoms with Gasteiger partial charge in [0, 0.05) is 25.2 Å². The molecular weight excluding hydrogens is 224 g/mol.